The van der Waals surface area contributed by atoms with Crippen molar-refractivity contribution in [3.8, 4) is 6.07 Å². The Labute approximate surface area is 102 Å². The average Bonchev–Trinajstić information content (AvgIpc) is 2.35. The van der Waals surface area contributed by atoms with Crippen LogP contribution < -0.4 is 0 Å². The molecular formula is C11H8ClF2NO2. The van der Waals surface area contributed by atoms with Crippen LogP contribution in [-0.2, 0) is 10.6 Å². The lowest BCUT2D eigenvalue weighted by atomic mass is 9.97. The van der Waals surface area contributed by atoms with Crippen molar-refractivity contribution >= 4 is 17.6 Å². The molecule has 0 saturated carbocycles. The van der Waals surface area contributed by atoms with Gasteiger partial charge >= 0.3 is 5.97 Å². The molecule has 0 fully saturated rings. The van der Waals surface area contributed by atoms with Crippen LogP contribution >= 0.6 is 11.6 Å². The molecule has 0 heterocycles. The summed E-state index contributed by atoms with van der Waals surface area (Å²) >= 11 is 5.57. The van der Waals surface area contributed by atoms with Gasteiger partial charge in [0.25, 0.3) is 6.43 Å². The maximum absolute atomic E-state index is 12.7. The molecule has 0 radical (unpaired) electrons. The van der Waals surface area contributed by atoms with Crippen LogP contribution in [0.1, 0.15) is 33.5 Å². The van der Waals surface area contributed by atoms with Crippen molar-refractivity contribution in [3.05, 3.63) is 34.4 Å². The van der Waals surface area contributed by atoms with Gasteiger partial charge in [-0.2, -0.15) is 5.26 Å². The second-order valence-corrected chi connectivity index (χ2v) is 3.37. The third-order valence-electron chi connectivity index (χ3n) is 2.20. The van der Waals surface area contributed by atoms with Crippen molar-refractivity contribution in [2.75, 3.05) is 7.11 Å². The van der Waals surface area contributed by atoms with Gasteiger partial charge in [-0.1, -0.05) is 12.1 Å². The molecule has 1 aromatic carbocycles. The molecule has 1 aromatic rings. The van der Waals surface area contributed by atoms with Gasteiger partial charge in [0, 0.05) is 11.4 Å². The lowest BCUT2D eigenvalue weighted by Gasteiger charge is -2.11. The predicted octanol–water partition coefficient (Wildman–Crippen LogP) is 3.02. The number of nitriles is 1. The summed E-state index contributed by atoms with van der Waals surface area (Å²) in [6.45, 7) is 0. The lowest BCUT2D eigenvalue weighted by molar-refractivity contribution is 0.0589. The number of benzene rings is 1. The van der Waals surface area contributed by atoms with Gasteiger partial charge in [-0.15, -0.1) is 11.6 Å². The first-order valence-electron chi connectivity index (χ1n) is 4.55. The van der Waals surface area contributed by atoms with Crippen molar-refractivity contribution in [2.24, 2.45) is 0 Å². The smallest absolute Gasteiger partial charge is 0.339 e. The molecule has 0 aliphatic carbocycles. The lowest BCUT2D eigenvalue weighted by Crippen LogP contribution is -2.10. The first-order chi connectivity index (χ1) is 8.06. The summed E-state index contributed by atoms with van der Waals surface area (Å²) in [4.78, 5) is 11.4. The van der Waals surface area contributed by atoms with E-state index in [0.717, 1.165) is 13.2 Å². The van der Waals surface area contributed by atoms with Crippen molar-refractivity contribution in [1.29, 1.82) is 5.26 Å². The molecule has 0 unspecified atom stereocenters. The van der Waals surface area contributed by atoms with E-state index in [2.05, 4.69) is 4.74 Å². The zero-order valence-corrected chi connectivity index (χ0v) is 9.59. The first-order valence-corrected chi connectivity index (χ1v) is 5.08. The van der Waals surface area contributed by atoms with E-state index in [1.54, 1.807) is 6.07 Å². The minimum Gasteiger partial charge on any atom is -0.465 e. The Kier molecular flexibility index (Phi) is 4.41. The number of rotatable bonds is 3. The van der Waals surface area contributed by atoms with E-state index < -0.39 is 23.5 Å². The van der Waals surface area contributed by atoms with Gasteiger partial charge in [-0.25, -0.2) is 13.6 Å². The topological polar surface area (TPSA) is 50.1 Å². The number of carbonyl (C=O) groups is 1. The van der Waals surface area contributed by atoms with E-state index in [1.807, 2.05) is 0 Å². The standard InChI is InChI=1S/C11H8ClF2NO2/c1-17-11(16)9-7(10(13)14)3-2-6(4-12)8(9)5-15/h2-3,10H,4H2,1H3. The summed E-state index contributed by atoms with van der Waals surface area (Å²) in [6, 6.07) is 4.09. The molecule has 0 amide bonds. The number of ether oxygens (including phenoxy) is 1. The molecule has 6 heteroatoms. The van der Waals surface area contributed by atoms with Gasteiger partial charge in [0.05, 0.1) is 18.2 Å². The zero-order valence-electron chi connectivity index (χ0n) is 8.84. The molecule has 0 bridgehead atoms. The van der Waals surface area contributed by atoms with Crippen LogP contribution in [0.25, 0.3) is 0 Å². The largest absolute Gasteiger partial charge is 0.465 e. The Balaban J connectivity index is 3.57. The Hall–Kier alpha value is -1.67. The summed E-state index contributed by atoms with van der Waals surface area (Å²) < 4.78 is 29.9. The van der Waals surface area contributed by atoms with E-state index in [1.165, 1.54) is 6.07 Å². The summed E-state index contributed by atoms with van der Waals surface area (Å²) in [6.07, 6.45) is -2.86. The number of carbonyl (C=O) groups excluding carboxylic acids is 1. The van der Waals surface area contributed by atoms with Gasteiger partial charge in [0.1, 0.15) is 6.07 Å². The minimum absolute atomic E-state index is 0.0452. The maximum atomic E-state index is 12.7. The third kappa shape index (κ3) is 2.53. The molecule has 0 atom stereocenters. The number of hydrogen-bond donors (Lipinski definition) is 0. The SMILES string of the molecule is COC(=O)c1c(C(F)F)ccc(CCl)c1C#N. The first kappa shape index (κ1) is 13.4. The van der Waals surface area contributed by atoms with Crippen LogP contribution in [-0.4, -0.2) is 13.1 Å². The second kappa shape index (κ2) is 5.60. The van der Waals surface area contributed by atoms with Crippen molar-refractivity contribution in [3.63, 3.8) is 0 Å². The molecule has 17 heavy (non-hydrogen) atoms. The van der Waals surface area contributed by atoms with Gasteiger partial charge in [0.2, 0.25) is 0 Å². The molecule has 0 N–H and O–H groups in total. The fraction of sp³-hybridized carbons (Fsp3) is 0.273. The Bertz CT molecular complexity index is 483. The monoisotopic (exact) mass is 259 g/mol. The summed E-state index contributed by atoms with van der Waals surface area (Å²) in [7, 11) is 1.06. The summed E-state index contributed by atoms with van der Waals surface area (Å²) in [5.41, 5.74) is -0.783. The number of hydrogen-bond acceptors (Lipinski definition) is 3. The number of methoxy groups -OCH3 is 1. The number of esters is 1. The van der Waals surface area contributed by atoms with Gasteiger partial charge < -0.3 is 4.74 Å². The molecule has 0 aromatic heterocycles. The number of nitrogens with zero attached hydrogens (tertiary/aromatic N) is 1. The Morgan fingerprint density at radius 1 is 1.59 bits per heavy atom. The van der Waals surface area contributed by atoms with Crippen LogP contribution in [0.4, 0.5) is 8.78 Å². The van der Waals surface area contributed by atoms with Crippen LogP contribution in [0.15, 0.2) is 12.1 Å². The fourth-order valence-corrected chi connectivity index (χ4v) is 1.63. The van der Waals surface area contributed by atoms with E-state index in [9.17, 15) is 13.6 Å². The molecule has 0 aliphatic heterocycles. The molecule has 3 nitrogen and oxygen atoms in total. The molecule has 0 aliphatic rings. The highest BCUT2D eigenvalue weighted by molar-refractivity contribution is 6.17. The molecular weight excluding hydrogens is 252 g/mol. The van der Waals surface area contributed by atoms with Crippen molar-refractivity contribution in [2.45, 2.75) is 12.3 Å². The van der Waals surface area contributed by atoms with Gasteiger partial charge in [0.15, 0.2) is 0 Å². The van der Waals surface area contributed by atoms with E-state index in [0.29, 0.717) is 5.56 Å². The molecule has 1 rings (SSSR count). The third-order valence-corrected chi connectivity index (χ3v) is 2.49. The highest BCUT2D eigenvalue weighted by Crippen LogP contribution is 2.28. The highest BCUT2D eigenvalue weighted by atomic mass is 35.5. The number of alkyl halides is 3. The minimum atomic E-state index is -2.86. The van der Waals surface area contributed by atoms with E-state index in [4.69, 9.17) is 16.9 Å². The zero-order chi connectivity index (χ0) is 13.0. The quantitative estimate of drug-likeness (QED) is 0.619. The van der Waals surface area contributed by atoms with Crippen molar-refractivity contribution < 1.29 is 18.3 Å². The van der Waals surface area contributed by atoms with Gasteiger partial charge in [-0.05, 0) is 5.56 Å². The Morgan fingerprint density at radius 3 is 2.65 bits per heavy atom. The van der Waals surface area contributed by atoms with Crippen LogP contribution in [0.5, 0.6) is 0 Å². The van der Waals surface area contributed by atoms with Gasteiger partial charge in [-0.3, -0.25) is 0 Å². The Morgan fingerprint density at radius 2 is 2.24 bits per heavy atom. The molecule has 0 spiro atoms. The number of halogens is 3. The van der Waals surface area contributed by atoms with E-state index in [-0.39, 0.29) is 11.4 Å². The molecule has 90 valence electrons. The normalized spacial score (nSPS) is 10.1. The highest BCUT2D eigenvalue weighted by Gasteiger charge is 2.24. The van der Waals surface area contributed by atoms with Crippen LogP contribution in [0.2, 0.25) is 0 Å². The van der Waals surface area contributed by atoms with Crippen LogP contribution in [0.3, 0.4) is 0 Å². The van der Waals surface area contributed by atoms with Crippen molar-refractivity contribution in [1.82, 2.24) is 0 Å². The van der Waals surface area contributed by atoms with Crippen LogP contribution in [0, 0.1) is 11.3 Å². The average molecular weight is 260 g/mol. The fourth-order valence-electron chi connectivity index (χ4n) is 1.40. The molecule has 0 saturated heterocycles. The maximum Gasteiger partial charge on any atom is 0.339 e. The predicted molar refractivity (Wildman–Crippen MR) is 57.0 cm³/mol. The second-order valence-electron chi connectivity index (χ2n) is 3.10. The van der Waals surface area contributed by atoms with E-state index >= 15 is 0 Å². The summed E-state index contributed by atoms with van der Waals surface area (Å²) in [5.74, 6) is -1.01. The summed E-state index contributed by atoms with van der Waals surface area (Å²) in [5, 5.41) is 8.92.